The maximum atomic E-state index is 14.1. The molecule has 112 valence electrons. The fourth-order valence-electron chi connectivity index (χ4n) is 2.61. The van der Waals surface area contributed by atoms with Gasteiger partial charge in [-0.05, 0) is 32.1 Å². The Morgan fingerprint density at radius 1 is 1.30 bits per heavy atom. The second kappa shape index (κ2) is 6.37. The highest BCUT2D eigenvalue weighted by Gasteiger charge is 2.27. The molecule has 2 heterocycles. The van der Waals surface area contributed by atoms with Crippen LogP contribution < -0.4 is 10.2 Å². The van der Waals surface area contributed by atoms with Crippen molar-refractivity contribution in [1.29, 1.82) is 0 Å². The van der Waals surface area contributed by atoms with Crippen LogP contribution in [0.1, 0.15) is 40.0 Å². The van der Waals surface area contributed by atoms with E-state index in [-0.39, 0.29) is 17.7 Å². The molecule has 2 atom stereocenters. The minimum absolute atomic E-state index is 0.147. The number of aromatic nitrogens is 1. The van der Waals surface area contributed by atoms with E-state index in [4.69, 9.17) is 0 Å². The average Bonchev–Trinajstić information content (AvgIpc) is 2.41. The molecule has 1 saturated heterocycles. The Kier molecular flexibility index (Phi) is 4.78. The van der Waals surface area contributed by atoms with Gasteiger partial charge in [0.25, 0.3) is 0 Å². The van der Waals surface area contributed by atoms with Gasteiger partial charge in [-0.25, -0.2) is 13.8 Å². The number of hydrogen-bond acceptors (Lipinski definition) is 3. The number of rotatable bonds is 4. The van der Waals surface area contributed by atoms with E-state index in [2.05, 4.69) is 24.1 Å². The van der Waals surface area contributed by atoms with E-state index in [1.165, 1.54) is 0 Å². The zero-order chi connectivity index (χ0) is 14.7. The molecule has 0 bridgehead atoms. The standard InChI is InChI=1S/C15H23F2N3/c1-4-7-18-14-12(16)8-13(17)15(19-14)20-9-10(2)5-6-11(20)3/h8,10-11H,4-7,9H2,1-3H3,(H,18,19). The van der Waals surface area contributed by atoms with Crippen molar-refractivity contribution in [3.63, 3.8) is 0 Å². The van der Waals surface area contributed by atoms with Crippen molar-refractivity contribution in [1.82, 2.24) is 4.98 Å². The SMILES string of the molecule is CCCNc1nc(N2CC(C)CCC2C)c(F)cc1F. The summed E-state index contributed by atoms with van der Waals surface area (Å²) in [5.74, 6) is -0.287. The van der Waals surface area contributed by atoms with Crippen LogP contribution in [0.3, 0.4) is 0 Å². The van der Waals surface area contributed by atoms with Gasteiger partial charge in [-0.3, -0.25) is 0 Å². The summed E-state index contributed by atoms with van der Waals surface area (Å²) in [4.78, 5) is 6.14. The number of piperidine rings is 1. The Labute approximate surface area is 119 Å². The molecule has 5 heteroatoms. The van der Waals surface area contributed by atoms with Crippen LogP contribution in [0.2, 0.25) is 0 Å². The molecule has 0 aliphatic carbocycles. The van der Waals surface area contributed by atoms with Crippen molar-refractivity contribution < 1.29 is 8.78 Å². The highest BCUT2D eigenvalue weighted by molar-refractivity contribution is 5.50. The molecular formula is C15H23F2N3. The van der Waals surface area contributed by atoms with Gasteiger partial charge in [0, 0.05) is 25.2 Å². The second-order valence-electron chi connectivity index (χ2n) is 5.73. The maximum Gasteiger partial charge on any atom is 0.168 e. The van der Waals surface area contributed by atoms with Gasteiger partial charge in [0.1, 0.15) is 0 Å². The zero-order valence-electron chi connectivity index (χ0n) is 12.4. The summed E-state index contributed by atoms with van der Waals surface area (Å²) in [5.41, 5.74) is 0. The van der Waals surface area contributed by atoms with E-state index in [0.717, 1.165) is 31.9 Å². The maximum absolute atomic E-state index is 14.1. The van der Waals surface area contributed by atoms with E-state index in [1.54, 1.807) is 0 Å². The normalized spacial score (nSPS) is 22.9. The molecule has 0 spiro atoms. The molecule has 0 radical (unpaired) electrons. The van der Waals surface area contributed by atoms with Crippen LogP contribution in [0.25, 0.3) is 0 Å². The van der Waals surface area contributed by atoms with Crippen LogP contribution in [0, 0.1) is 17.6 Å². The monoisotopic (exact) mass is 283 g/mol. The number of hydrogen-bond donors (Lipinski definition) is 1. The molecule has 0 saturated carbocycles. The summed E-state index contributed by atoms with van der Waals surface area (Å²) in [7, 11) is 0. The lowest BCUT2D eigenvalue weighted by Gasteiger charge is -2.38. The molecule has 0 amide bonds. The summed E-state index contributed by atoms with van der Waals surface area (Å²) in [5, 5.41) is 2.92. The average molecular weight is 283 g/mol. The fourth-order valence-corrected chi connectivity index (χ4v) is 2.61. The van der Waals surface area contributed by atoms with Crippen molar-refractivity contribution in [2.75, 3.05) is 23.3 Å². The summed E-state index contributed by atoms with van der Waals surface area (Å²) in [6.45, 7) is 7.60. The fraction of sp³-hybridized carbons (Fsp3) is 0.667. The summed E-state index contributed by atoms with van der Waals surface area (Å²) in [6.07, 6.45) is 3.02. The van der Waals surface area contributed by atoms with Gasteiger partial charge >= 0.3 is 0 Å². The first-order valence-corrected chi connectivity index (χ1v) is 7.39. The van der Waals surface area contributed by atoms with Crippen molar-refractivity contribution in [3.8, 4) is 0 Å². The van der Waals surface area contributed by atoms with Gasteiger partial charge in [-0.2, -0.15) is 0 Å². The second-order valence-corrected chi connectivity index (χ2v) is 5.73. The number of nitrogens with one attached hydrogen (secondary N) is 1. The molecule has 1 fully saturated rings. The third-order valence-electron chi connectivity index (χ3n) is 3.84. The predicted molar refractivity (Wildman–Crippen MR) is 78.1 cm³/mol. The number of nitrogens with zero attached hydrogens (tertiary/aromatic N) is 2. The van der Waals surface area contributed by atoms with Crippen LogP contribution in [-0.2, 0) is 0 Å². The van der Waals surface area contributed by atoms with E-state index in [9.17, 15) is 8.78 Å². The Balaban J connectivity index is 2.29. The lowest BCUT2D eigenvalue weighted by atomic mass is 9.95. The lowest BCUT2D eigenvalue weighted by Crippen LogP contribution is -2.42. The van der Waals surface area contributed by atoms with Crippen molar-refractivity contribution >= 4 is 11.6 Å². The summed E-state index contributed by atoms with van der Waals surface area (Å²) >= 11 is 0. The van der Waals surface area contributed by atoms with Gasteiger partial charge in [0.05, 0.1) is 0 Å². The van der Waals surface area contributed by atoms with Gasteiger partial charge in [-0.1, -0.05) is 13.8 Å². The van der Waals surface area contributed by atoms with E-state index >= 15 is 0 Å². The van der Waals surface area contributed by atoms with Gasteiger partial charge in [0.2, 0.25) is 0 Å². The largest absolute Gasteiger partial charge is 0.368 e. The van der Waals surface area contributed by atoms with E-state index < -0.39 is 11.6 Å². The van der Waals surface area contributed by atoms with Crippen LogP contribution in [-0.4, -0.2) is 24.1 Å². The minimum atomic E-state index is -0.627. The molecule has 1 N–H and O–H groups in total. The molecule has 1 aliphatic heterocycles. The smallest absolute Gasteiger partial charge is 0.168 e. The molecule has 0 aromatic carbocycles. The van der Waals surface area contributed by atoms with Crippen LogP contribution in [0.4, 0.5) is 20.4 Å². The highest BCUT2D eigenvalue weighted by Crippen LogP contribution is 2.30. The molecule has 2 unspecified atom stereocenters. The lowest BCUT2D eigenvalue weighted by molar-refractivity contribution is 0.383. The molecule has 2 rings (SSSR count). The first kappa shape index (κ1) is 15.0. The number of pyridine rings is 1. The molecule has 1 aromatic heterocycles. The minimum Gasteiger partial charge on any atom is -0.368 e. The summed E-state index contributed by atoms with van der Waals surface area (Å²) < 4.78 is 27.8. The molecule has 3 nitrogen and oxygen atoms in total. The van der Waals surface area contributed by atoms with Crippen molar-refractivity contribution in [2.45, 2.75) is 46.1 Å². The first-order valence-electron chi connectivity index (χ1n) is 7.39. The topological polar surface area (TPSA) is 28.2 Å². The first-order chi connectivity index (χ1) is 9.52. The van der Waals surface area contributed by atoms with Crippen molar-refractivity contribution in [2.24, 2.45) is 5.92 Å². The van der Waals surface area contributed by atoms with Crippen LogP contribution in [0.5, 0.6) is 0 Å². The van der Waals surface area contributed by atoms with Crippen LogP contribution >= 0.6 is 0 Å². The highest BCUT2D eigenvalue weighted by atomic mass is 19.1. The van der Waals surface area contributed by atoms with E-state index in [1.807, 2.05) is 11.8 Å². The molecule has 20 heavy (non-hydrogen) atoms. The van der Waals surface area contributed by atoms with Gasteiger partial charge < -0.3 is 10.2 Å². The molecular weight excluding hydrogens is 260 g/mol. The Bertz CT molecular complexity index is 465. The Morgan fingerprint density at radius 3 is 2.75 bits per heavy atom. The number of halogens is 2. The van der Waals surface area contributed by atoms with Crippen LogP contribution in [0.15, 0.2) is 6.07 Å². The quantitative estimate of drug-likeness (QED) is 0.911. The number of anilines is 2. The van der Waals surface area contributed by atoms with Gasteiger partial charge in [-0.15, -0.1) is 0 Å². The third-order valence-corrected chi connectivity index (χ3v) is 3.84. The van der Waals surface area contributed by atoms with Gasteiger partial charge in [0.15, 0.2) is 23.3 Å². The predicted octanol–water partition coefficient (Wildman–Crippen LogP) is 3.81. The van der Waals surface area contributed by atoms with E-state index in [0.29, 0.717) is 12.5 Å². The molecule has 1 aliphatic rings. The van der Waals surface area contributed by atoms with Crippen molar-refractivity contribution in [3.05, 3.63) is 17.7 Å². The third kappa shape index (κ3) is 3.19. The molecule has 1 aromatic rings. The zero-order valence-corrected chi connectivity index (χ0v) is 12.4. The Hall–Kier alpha value is -1.39. The summed E-state index contributed by atoms with van der Waals surface area (Å²) in [6, 6.07) is 1.17. The Morgan fingerprint density at radius 2 is 2.05 bits per heavy atom.